The first kappa shape index (κ1) is 15.1. The third-order valence-corrected chi connectivity index (χ3v) is 2.15. The van der Waals surface area contributed by atoms with Gasteiger partial charge >= 0.3 is 21.7 Å². The Hall–Kier alpha value is 0.644. The summed E-state index contributed by atoms with van der Waals surface area (Å²) in [5, 5.41) is 0. The van der Waals surface area contributed by atoms with Crippen molar-refractivity contribution in [3.05, 3.63) is 29.3 Å². The predicted molar refractivity (Wildman–Crippen MR) is 38.7 cm³/mol. The van der Waals surface area contributed by atoms with Gasteiger partial charge in [0.1, 0.15) is 0 Å². The van der Waals surface area contributed by atoms with Crippen molar-refractivity contribution in [3.8, 4) is 0 Å². The van der Waals surface area contributed by atoms with E-state index >= 15 is 0 Å². The molecule has 0 bridgehead atoms. The Kier molecular flexibility index (Phi) is 8.94. The van der Waals surface area contributed by atoms with E-state index in [1.54, 1.807) is 11.1 Å². The van der Waals surface area contributed by atoms with E-state index in [0.717, 1.165) is 0 Å². The number of hydrogen-bond donors (Lipinski definition) is 0. The van der Waals surface area contributed by atoms with Crippen LogP contribution in [0.25, 0.3) is 0 Å². The fourth-order valence-corrected chi connectivity index (χ4v) is 1.61. The molecule has 3 heteroatoms. The van der Waals surface area contributed by atoms with Crippen molar-refractivity contribution in [2.45, 2.75) is 25.7 Å². The molecule has 1 aromatic rings. The van der Waals surface area contributed by atoms with Crippen LogP contribution in [0, 0.1) is 0 Å². The van der Waals surface area contributed by atoms with Crippen LogP contribution in [0.4, 0.5) is 0 Å². The zero-order valence-electron chi connectivity index (χ0n) is 6.82. The Labute approximate surface area is 101 Å². The van der Waals surface area contributed by atoms with Gasteiger partial charge in [0.05, 0.1) is 0 Å². The minimum atomic E-state index is 0. The summed E-state index contributed by atoms with van der Waals surface area (Å²) in [5.74, 6) is 0. The summed E-state index contributed by atoms with van der Waals surface area (Å²) in [6.07, 6.45) is 5.44. The zero-order valence-corrected chi connectivity index (χ0v) is 9.89. The SMILES string of the molecule is [Cl-].[Cl-].[Ti+4].c1cc2c([cH-]1)CCCC2. The van der Waals surface area contributed by atoms with Crippen molar-refractivity contribution < 1.29 is 46.5 Å². The molecule has 0 radical (unpaired) electrons. The van der Waals surface area contributed by atoms with Crippen molar-refractivity contribution in [2.24, 2.45) is 0 Å². The van der Waals surface area contributed by atoms with E-state index < -0.39 is 0 Å². The molecule has 0 saturated carbocycles. The minimum absolute atomic E-state index is 0. The van der Waals surface area contributed by atoms with E-state index in [-0.39, 0.29) is 46.5 Å². The molecular formula is C9H11Cl2Ti+. The predicted octanol–water partition coefficient (Wildman–Crippen LogP) is -3.71. The van der Waals surface area contributed by atoms with Crippen LogP contribution in [0.15, 0.2) is 18.2 Å². The summed E-state index contributed by atoms with van der Waals surface area (Å²) in [6.45, 7) is 0. The molecule has 0 aliphatic heterocycles. The summed E-state index contributed by atoms with van der Waals surface area (Å²) < 4.78 is 0. The summed E-state index contributed by atoms with van der Waals surface area (Å²) in [6, 6.07) is 6.69. The summed E-state index contributed by atoms with van der Waals surface area (Å²) >= 11 is 0. The average Bonchev–Trinajstić information content (AvgIpc) is 2.33. The quantitative estimate of drug-likeness (QED) is 0.322. The average molecular weight is 238 g/mol. The maximum atomic E-state index is 2.26. The second kappa shape index (κ2) is 7.09. The molecule has 2 rings (SSSR count). The third kappa shape index (κ3) is 3.18. The monoisotopic (exact) mass is 237 g/mol. The van der Waals surface area contributed by atoms with E-state index in [1.165, 1.54) is 25.7 Å². The largest absolute Gasteiger partial charge is 4.00 e. The molecule has 0 unspecified atom stereocenters. The molecule has 0 amide bonds. The van der Waals surface area contributed by atoms with E-state index in [2.05, 4.69) is 18.2 Å². The zero-order chi connectivity index (χ0) is 6.10. The summed E-state index contributed by atoms with van der Waals surface area (Å²) in [4.78, 5) is 0. The van der Waals surface area contributed by atoms with Gasteiger partial charge in [-0.1, -0.05) is 25.7 Å². The molecule has 1 aliphatic carbocycles. The molecule has 0 atom stereocenters. The van der Waals surface area contributed by atoms with Crippen molar-refractivity contribution in [1.29, 1.82) is 0 Å². The fourth-order valence-electron chi connectivity index (χ4n) is 1.61. The van der Waals surface area contributed by atoms with Gasteiger partial charge in [-0.15, -0.1) is 0 Å². The molecule has 0 N–H and O–H groups in total. The first-order valence-electron chi connectivity index (χ1n) is 3.70. The van der Waals surface area contributed by atoms with Crippen molar-refractivity contribution in [2.75, 3.05) is 0 Å². The topological polar surface area (TPSA) is 0 Å². The molecular weight excluding hydrogens is 227 g/mol. The molecule has 12 heavy (non-hydrogen) atoms. The van der Waals surface area contributed by atoms with E-state index in [9.17, 15) is 0 Å². The van der Waals surface area contributed by atoms with Gasteiger partial charge in [-0.3, -0.25) is 0 Å². The number of halogens is 2. The third-order valence-electron chi connectivity index (χ3n) is 2.15. The molecule has 1 aromatic carbocycles. The van der Waals surface area contributed by atoms with Gasteiger partial charge in [0.25, 0.3) is 0 Å². The van der Waals surface area contributed by atoms with Gasteiger partial charge in [0.15, 0.2) is 0 Å². The van der Waals surface area contributed by atoms with Gasteiger partial charge < -0.3 is 24.8 Å². The van der Waals surface area contributed by atoms with Crippen LogP contribution in [0.3, 0.4) is 0 Å². The number of hydrogen-bond acceptors (Lipinski definition) is 0. The van der Waals surface area contributed by atoms with Gasteiger partial charge in [-0.2, -0.15) is 23.3 Å². The molecule has 0 fully saturated rings. The Bertz CT molecular complexity index is 188. The van der Waals surface area contributed by atoms with Crippen LogP contribution in [0.1, 0.15) is 24.0 Å². The van der Waals surface area contributed by atoms with Crippen LogP contribution in [0.2, 0.25) is 0 Å². The Morgan fingerprint density at radius 1 is 1.08 bits per heavy atom. The van der Waals surface area contributed by atoms with Crippen LogP contribution in [0.5, 0.6) is 0 Å². The maximum Gasteiger partial charge on any atom is 4.00 e. The second-order valence-corrected chi connectivity index (χ2v) is 2.78. The van der Waals surface area contributed by atoms with Crippen molar-refractivity contribution in [3.63, 3.8) is 0 Å². The summed E-state index contributed by atoms with van der Waals surface area (Å²) in [7, 11) is 0. The smallest absolute Gasteiger partial charge is 1.00 e. The standard InChI is InChI=1S/C9H11.2ClH.Ti/c1-2-5-9-7-3-6-8(9)4-1;;;/h3,6-7H,1-2,4-5H2;2*1H;/q-1;;;+4/p-2. The first-order valence-corrected chi connectivity index (χ1v) is 3.70. The second-order valence-electron chi connectivity index (χ2n) is 2.78. The fraction of sp³-hybridized carbons (Fsp3) is 0.444. The van der Waals surface area contributed by atoms with Gasteiger partial charge in [0.2, 0.25) is 0 Å². The van der Waals surface area contributed by atoms with Crippen molar-refractivity contribution >= 4 is 0 Å². The Balaban J connectivity index is 0. The van der Waals surface area contributed by atoms with E-state index in [4.69, 9.17) is 0 Å². The number of rotatable bonds is 0. The molecule has 0 aromatic heterocycles. The Morgan fingerprint density at radius 2 is 1.75 bits per heavy atom. The molecule has 64 valence electrons. The normalized spacial score (nSPS) is 13.0. The van der Waals surface area contributed by atoms with Gasteiger partial charge in [-0.25, -0.2) is 6.07 Å². The molecule has 1 aliphatic rings. The van der Waals surface area contributed by atoms with E-state index in [0.29, 0.717) is 0 Å². The minimum Gasteiger partial charge on any atom is -1.00 e. The van der Waals surface area contributed by atoms with Crippen LogP contribution in [-0.2, 0) is 34.6 Å². The first-order chi connectivity index (χ1) is 4.47. The van der Waals surface area contributed by atoms with Crippen LogP contribution in [-0.4, -0.2) is 0 Å². The van der Waals surface area contributed by atoms with Crippen LogP contribution >= 0.6 is 0 Å². The summed E-state index contributed by atoms with van der Waals surface area (Å²) in [5.41, 5.74) is 3.20. The molecule has 0 saturated heterocycles. The van der Waals surface area contributed by atoms with E-state index in [1.807, 2.05) is 0 Å². The van der Waals surface area contributed by atoms with Crippen molar-refractivity contribution in [1.82, 2.24) is 0 Å². The maximum absolute atomic E-state index is 2.26. The number of aryl methyl sites for hydroxylation is 2. The Morgan fingerprint density at radius 3 is 2.42 bits per heavy atom. The molecule has 0 nitrogen and oxygen atoms in total. The molecule has 0 spiro atoms. The van der Waals surface area contributed by atoms with Crippen LogP contribution < -0.4 is 24.8 Å². The number of fused-ring (bicyclic) bond motifs is 1. The van der Waals surface area contributed by atoms with Gasteiger partial charge in [-0.05, 0) is 0 Å². The molecule has 0 heterocycles. The van der Waals surface area contributed by atoms with Gasteiger partial charge in [0, 0.05) is 0 Å².